The third-order valence-electron chi connectivity index (χ3n) is 4.97. The summed E-state index contributed by atoms with van der Waals surface area (Å²) in [7, 11) is 0. The van der Waals surface area contributed by atoms with Gasteiger partial charge in [-0.2, -0.15) is 13.2 Å². The van der Waals surface area contributed by atoms with E-state index in [0.717, 1.165) is 12.3 Å². The van der Waals surface area contributed by atoms with Crippen molar-refractivity contribution >= 4 is 23.1 Å². The molecule has 30 heavy (non-hydrogen) atoms. The number of hydrogen-bond acceptors (Lipinski definition) is 6. The monoisotopic (exact) mass is 423 g/mol. The lowest BCUT2D eigenvalue weighted by molar-refractivity contribution is -0.384. The molecule has 1 amide bonds. The Balaban J connectivity index is 1.56. The molecular weight excluding hydrogens is 403 g/mol. The molecule has 1 aliphatic heterocycles. The Labute approximate surface area is 170 Å². The molecular formula is C19H20F3N5O3. The highest BCUT2D eigenvalue weighted by Crippen LogP contribution is 2.29. The normalized spacial score (nSPS) is 16.2. The number of pyridine rings is 1. The van der Waals surface area contributed by atoms with E-state index in [4.69, 9.17) is 0 Å². The molecule has 1 aromatic heterocycles. The first-order chi connectivity index (χ1) is 14.1. The highest BCUT2D eigenvalue weighted by atomic mass is 19.4. The van der Waals surface area contributed by atoms with Crippen LogP contribution in [0.2, 0.25) is 0 Å². The first-order valence-corrected chi connectivity index (χ1v) is 9.23. The summed E-state index contributed by atoms with van der Waals surface area (Å²) in [5.41, 5.74) is -0.567. The second kappa shape index (κ2) is 8.66. The van der Waals surface area contributed by atoms with Crippen LogP contribution in [0.4, 0.5) is 30.4 Å². The Hall–Kier alpha value is -3.21. The van der Waals surface area contributed by atoms with E-state index in [-0.39, 0.29) is 11.6 Å². The van der Waals surface area contributed by atoms with Crippen LogP contribution in [-0.2, 0) is 11.0 Å². The number of nitro groups is 1. The predicted octanol–water partition coefficient (Wildman–Crippen LogP) is 3.16. The summed E-state index contributed by atoms with van der Waals surface area (Å²) in [5.74, 6) is 0.160. The number of carbonyl (C=O) groups excluding carboxylic acids is 1. The fourth-order valence-electron chi connectivity index (χ4n) is 3.19. The van der Waals surface area contributed by atoms with Crippen molar-refractivity contribution in [2.24, 2.45) is 0 Å². The topological polar surface area (TPSA) is 91.6 Å². The van der Waals surface area contributed by atoms with Gasteiger partial charge in [-0.25, -0.2) is 4.98 Å². The Morgan fingerprint density at radius 2 is 1.90 bits per heavy atom. The quantitative estimate of drug-likeness (QED) is 0.587. The summed E-state index contributed by atoms with van der Waals surface area (Å²) in [6.45, 7) is 3.79. The van der Waals surface area contributed by atoms with E-state index in [2.05, 4.69) is 10.3 Å². The van der Waals surface area contributed by atoms with Gasteiger partial charge in [0.15, 0.2) is 0 Å². The molecule has 0 bridgehead atoms. The lowest BCUT2D eigenvalue weighted by Gasteiger charge is -2.38. The van der Waals surface area contributed by atoms with Crippen LogP contribution in [0.25, 0.3) is 0 Å². The molecule has 160 valence electrons. The van der Waals surface area contributed by atoms with Gasteiger partial charge >= 0.3 is 6.18 Å². The molecule has 8 nitrogen and oxygen atoms in total. The molecule has 1 N–H and O–H groups in total. The molecule has 0 radical (unpaired) electrons. The molecule has 2 heterocycles. The van der Waals surface area contributed by atoms with Gasteiger partial charge in [-0.05, 0) is 25.1 Å². The van der Waals surface area contributed by atoms with Crippen LogP contribution >= 0.6 is 0 Å². The van der Waals surface area contributed by atoms with Gasteiger partial charge in [0.05, 0.1) is 16.5 Å². The molecule has 1 unspecified atom stereocenters. The maximum atomic E-state index is 12.7. The van der Waals surface area contributed by atoms with Crippen LogP contribution in [0, 0.1) is 10.1 Å². The van der Waals surface area contributed by atoms with Gasteiger partial charge in [0, 0.05) is 50.2 Å². The Morgan fingerprint density at radius 3 is 2.47 bits per heavy atom. The summed E-state index contributed by atoms with van der Waals surface area (Å²) in [6, 6.07) is 7.57. The number of hydrogen-bond donors (Lipinski definition) is 1. The van der Waals surface area contributed by atoms with E-state index in [1.165, 1.54) is 24.3 Å². The molecule has 0 spiro atoms. The first kappa shape index (κ1) is 21.5. The average Bonchev–Trinajstić information content (AvgIpc) is 2.73. The fraction of sp³-hybridized carbons (Fsp3) is 0.368. The number of halogens is 3. The number of benzene rings is 1. The smallest absolute Gasteiger partial charge is 0.354 e. The average molecular weight is 423 g/mol. The zero-order valence-electron chi connectivity index (χ0n) is 16.1. The van der Waals surface area contributed by atoms with Crippen LogP contribution in [0.3, 0.4) is 0 Å². The van der Waals surface area contributed by atoms with Crippen LogP contribution in [0.5, 0.6) is 0 Å². The standard InChI is InChI=1S/C19H20F3N5O3/c1-13(18(28)24-15-3-2-4-16(11-15)27(29)30)25-7-9-26(10-8-25)17-6-5-14(12-23-17)19(20,21)22/h2-6,11-13H,7-10H2,1H3,(H,24,28). The van der Waals surface area contributed by atoms with Crippen molar-refractivity contribution in [3.63, 3.8) is 0 Å². The zero-order chi connectivity index (χ0) is 21.9. The molecule has 3 rings (SSSR count). The van der Waals surface area contributed by atoms with E-state index in [9.17, 15) is 28.1 Å². The van der Waals surface area contributed by atoms with Crippen molar-refractivity contribution in [2.75, 3.05) is 36.4 Å². The van der Waals surface area contributed by atoms with Gasteiger partial charge in [0.1, 0.15) is 5.82 Å². The Morgan fingerprint density at radius 1 is 1.20 bits per heavy atom. The minimum absolute atomic E-state index is 0.113. The molecule has 1 saturated heterocycles. The fourth-order valence-corrected chi connectivity index (χ4v) is 3.19. The van der Waals surface area contributed by atoms with E-state index < -0.39 is 22.7 Å². The summed E-state index contributed by atoms with van der Waals surface area (Å²) in [6.07, 6.45) is -3.61. The largest absolute Gasteiger partial charge is 0.417 e. The highest BCUT2D eigenvalue weighted by molar-refractivity contribution is 5.94. The number of rotatable bonds is 5. The van der Waals surface area contributed by atoms with Gasteiger partial charge in [-0.3, -0.25) is 19.8 Å². The first-order valence-electron chi connectivity index (χ1n) is 9.23. The number of non-ortho nitro benzene ring substituents is 1. The van der Waals surface area contributed by atoms with Crippen molar-refractivity contribution in [2.45, 2.75) is 19.1 Å². The van der Waals surface area contributed by atoms with Crippen molar-refractivity contribution in [1.82, 2.24) is 9.88 Å². The molecule has 1 aliphatic rings. The Bertz CT molecular complexity index is 912. The number of carbonyl (C=O) groups is 1. The highest BCUT2D eigenvalue weighted by Gasteiger charge is 2.31. The third kappa shape index (κ3) is 5.03. The van der Waals surface area contributed by atoms with Crippen LogP contribution in [-0.4, -0.2) is 52.9 Å². The van der Waals surface area contributed by atoms with E-state index >= 15 is 0 Å². The van der Waals surface area contributed by atoms with Gasteiger partial charge in [-0.1, -0.05) is 6.07 Å². The molecule has 2 aromatic rings. The molecule has 1 atom stereocenters. The van der Waals surface area contributed by atoms with Gasteiger partial charge < -0.3 is 10.2 Å². The lowest BCUT2D eigenvalue weighted by Crippen LogP contribution is -2.53. The SMILES string of the molecule is CC(C(=O)Nc1cccc([N+](=O)[O-])c1)N1CCN(c2ccc(C(F)(F)F)cn2)CC1. The zero-order valence-corrected chi connectivity index (χ0v) is 16.1. The van der Waals surface area contributed by atoms with E-state index in [0.29, 0.717) is 37.7 Å². The number of amides is 1. The molecule has 1 aromatic carbocycles. The van der Waals surface area contributed by atoms with Crippen molar-refractivity contribution in [1.29, 1.82) is 0 Å². The maximum Gasteiger partial charge on any atom is 0.417 e. The third-order valence-corrected chi connectivity index (χ3v) is 4.97. The van der Waals surface area contributed by atoms with E-state index in [1.54, 1.807) is 13.0 Å². The molecule has 1 fully saturated rings. The van der Waals surface area contributed by atoms with Gasteiger partial charge in [-0.15, -0.1) is 0 Å². The van der Waals surface area contributed by atoms with Crippen molar-refractivity contribution < 1.29 is 22.9 Å². The summed E-state index contributed by atoms with van der Waals surface area (Å²) in [4.78, 5) is 30.5. The minimum Gasteiger partial charge on any atom is -0.354 e. The van der Waals surface area contributed by atoms with Gasteiger partial charge in [0.2, 0.25) is 5.91 Å². The predicted molar refractivity (Wildman–Crippen MR) is 104 cm³/mol. The van der Waals surface area contributed by atoms with Crippen LogP contribution in [0.1, 0.15) is 12.5 Å². The summed E-state index contributed by atoms with van der Waals surface area (Å²) in [5, 5.41) is 13.5. The number of piperazine rings is 1. The van der Waals surface area contributed by atoms with Crippen molar-refractivity contribution in [3.05, 3.63) is 58.3 Å². The lowest BCUT2D eigenvalue weighted by atomic mass is 10.2. The number of aromatic nitrogens is 1. The number of nitro benzene ring substituents is 1. The van der Waals surface area contributed by atoms with Crippen LogP contribution in [0.15, 0.2) is 42.6 Å². The maximum absolute atomic E-state index is 12.7. The summed E-state index contributed by atoms with van der Waals surface area (Å²) < 4.78 is 38.0. The van der Waals surface area contributed by atoms with Crippen molar-refractivity contribution in [3.8, 4) is 0 Å². The number of alkyl halides is 3. The minimum atomic E-state index is -4.42. The molecule has 0 saturated carbocycles. The second-order valence-corrected chi connectivity index (χ2v) is 6.90. The number of nitrogens with zero attached hydrogens (tertiary/aromatic N) is 4. The summed E-state index contributed by atoms with van der Waals surface area (Å²) >= 11 is 0. The molecule has 11 heteroatoms. The van der Waals surface area contributed by atoms with Gasteiger partial charge in [0.25, 0.3) is 5.69 Å². The second-order valence-electron chi connectivity index (χ2n) is 6.90. The number of anilines is 2. The van der Waals surface area contributed by atoms with E-state index in [1.807, 2.05) is 9.80 Å². The van der Waals surface area contributed by atoms with Crippen LogP contribution < -0.4 is 10.2 Å². The molecule has 0 aliphatic carbocycles. The number of nitrogens with one attached hydrogen (secondary N) is 1. The Kier molecular flexibility index (Phi) is 6.20.